The average molecular weight is 389 g/mol. The second kappa shape index (κ2) is 6.57. The van der Waals surface area contributed by atoms with E-state index < -0.39 is 15.1 Å². The zero-order valence-electron chi connectivity index (χ0n) is 13.0. The lowest BCUT2D eigenvalue weighted by molar-refractivity contribution is -0.132. The van der Waals surface area contributed by atoms with Crippen LogP contribution in [0.15, 0.2) is 23.1 Å². The van der Waals surface area contributed by atoms with E-state index >= 15 is 0 Å². The van der Waals surface area contributed by atoms with Gasteiger partial charge in [0.25, 0.3) is 0 Å². The molecule has 1 N–H and O–H groups in total. The Morgan fingerprint density at radius 2 is 2.21 bits per heavy atom. The monoisotopic (exact) mass is 388 g/mol. The minimum atomic E-state index is -3.05. The Balaban J connectivity index is 1.66. The SMILES string of the molecule is CN(C(=O)CC1Sc2ccc(Cl)cc2NC1=O)C1CCS(=O)(=O)C1. The fourth-order valence-corrected chi connectivity index (χ4v) is 5.87. The van der Waals surface area contributed by atoms with E-state index in [1.807, 2.05) is 6.07 Å². The van der Waals surface area contributed by atoms with Crippen molar-refractivity contribution in [2.45, 2.75) is 29.0 Å². The summed E-state index contributed by atoms with van der Waals surface area (Å²) in [4.78, 5) is 27.0. The van der Waals surface area contributed by atoms with Crippen molar-refractivity contribution < 1.29 is 18.0 Å². The summed E-state index contributed by atoms with van der Waals surface area (Å²) in [5, 5.41) is 2.77. The molecular weight excluding hydrogens is 372 g/mol. The molecule has 0 radical (unpaired) electrons. The third-order valence-corrected chi connectivity index (χ3v) is 7.53. The average Bonchev–Trinajstić information content (AvgIpc) is 2.87. The fourth-order valence-electron chi connectivity index (χ4n) is 2.84. The Labute approximate surface area is 149 Å². The van der Waals surface area contributed by atoms with Gasteiger partial charge in [0.1, 0.15) is 0 Å². The number of amides is 2. The Morgan fingerprint density at radius 3 is 2.88 bits per heavy atom. The molecule has 24 heavy (non-hydrogen) atoms. The molecule has 2 unspecified atom stereocenters. The van der Waals surface area contributed by atoms with E-state index in [9.17, 15) is 18.0 Å². The standard InChI is InChI=1S/C15H17ClN2O4S2/c1-18(10-4-5-24(21,22)8-10)14(19)7-13-15(20)17-11-6-9(16)2-3-12(11)23-13/h2-3,6,10,13H,4-5,7-8H2,1H3,(H,17,20). The number of hydrogen-bond acceptors (Lipinski definition) is 5. The quantitative estimate of drug-likeness (QED) is 0.853. The van der Waals surface area contributed by atoms with Gasteiger partial charge in [0.2, 0.25) is 11.8 Å². The first kappa shape index (κ1) is 17.6. The summed E-state index contributed by atoms with van der Waals surface area (Å²) in [6, 6.07) is 4.92. The molecule has 0 aromatic heterocycles. The van der Waals surface area contributed by atoms with E-state index in [1.54, 1.807) is 19.2 Å². The third kappa shape index (κ3) is 3.70. The highest BCUT2D eigenvalue weighted by molar-refractivity contribution is 8.01. The van der Waals surface area contributed by atoms with Crippen molar-refractivity contribution in [2.24, 2.45) is 0 Å². The van der Waals surface area contributed by atoms with Gasteiger partial charge in [-0.25, -0.2) is 8.42 Å². The van der Waals surface area contributed by atoms with Crippen LogP contribution in [0.1, 0.15) is 12.8 Å². The van der Waals surface area contributed by atoms with Gasteiger partial charge < -0.3 is 10.2 Å². The van der Waals surface area contributed by atoms with Crippen molar-refractivity contribution in [3.8, 4) is 0 Å². The van der Waals surface area contributed by atoms with Crippen molar-refractivity contribution in [2.75, 3.05) is 23.9 Å². The zero-order chi connectivity index (χ0) is 17.5. The molecule has 0 bridgehead atoms. The van der Waals surface area contributed by atoms with Crippen molar-refractivity contribution in [3.05, 3.63) is 23.2 Å². The highest BCUT2D eigenvalue weighted by Crippen LogP contribution is 2.38. The van der Waals surface area contributed by atoms with Gasteiger partial charge in [-0.2, -0.15) is 0 Å². The normalized spacial score (nSPS) is 25.0. The molecule has 0 spiro atoms. The summed E-state index contributed by atoms with van der Waals surface area (Å²) >= 11 is 7.24. The molecule has 9 heteroatoms. The largest absolute Gasteiger partial charge is 0.342 e. The van der Waals surface area contributed by atoms with Crippen molar-refractivity contribution in [1.29, 1.82) is 0 Å². The number of hydrogen-bond donors (Lipinski definition) is 1. The first-order valence-corrected chi connectivity index (χ1v) is 10.6. The molecule has 3 rings (SSSR count). The van der Waals surface area contributed by atoms with Crippen LogP contribution >= 0.6 is 23.4 Å². The molecule has 0 saturated carbocycles. The van der Waals surface area contributed by atoms with E-state index in [4.69, 9.17) is 11.6 Å². The second-order valence-corrected chi connectivity index (χ2v) is 9.91. The minimum absolute atomic E-state index is 0.000574. The number of anilines is 1. The maximum Gasteiger partial charge on any atom is 0.238 e. The van der Waals surface area contributed by atoms with Crippen molar-refractivity contribution >= 4 is 50.7 Å². The number of carbonyl (C=O) groups excluding carboxylic acids is 2. The fraction of sp³-hybridized carbons (Fsp3) is 0.467. The maximum atomic E-state index is 12.4. The van der Waals surface area contributed by atoms with E-state index in [1.165, 1.54) is 16.7 Å². The molecule has 130 valence electrons. The molecule has 2 aliphatic rings. The van der Waals surface area contributed by atoms with Crippen LogP contribution in [0, 0.1) is 0 Å². The van der Waals surface area contributed by atoms with Gasteiger partial charge in [-0.15, -0.1) is 11.8 Å². The van der Waals surface area contributed by atoms with Gasteiger partial charge in [-0.3, -0.25) is 9.59 Å². The number of benzene rings is 1. The molecule has 1 aromatic carbocycles. The Kier molecular flexibility index (Phi) is 4.81. The number of carbonyl (C=O) groups is 2. The first-order chi connectivity index (χ1) is 11.2. The molecule has 2 atom stereocenters. The molecule has 1 aromatic rings. The van der Waals surface area contributed by atoms with E-state index in [2.05, 4.69) is 5.32 Å². The van der Waals surface area contributed by atoms with E-state index in [0.717, 1.165) is 4.90 Å². The van der Waals surface area contributed by atoms with Gasteiger partial charge in [0.15, 0.2) is 9.84 Å². The van der Waals surface area contributed by atoms with Gasteiger partial charge in [-0.05, 0) is 24.6 Å². The summed E-state index contributed by atoms with van der Waals surface area (Å²) in [6.07, 6.45) is 0.488. The Hall–Kier alpha value is -1.25. The maximum absolute atomic E-state index is 12.4. The van der Waals surface area contributed by atoms with Crippen molar-refractivity contribution in [1.82, 2.24) is 4.90 Å². The Morgan fingerprint density at radius 1 is 1.46 bits per heavy atom. The van der Waals surface area contributed by atoms with Gasteiger partial charge in [0, 0.05) is 29.4 Å². The molecular formula is C15H17ClN2O4S2. The summed E-state index contributed by atoms with van der Waals surface area (Å²) in [7, 11) is -1.45. The van der Waals surface area contributed by atoms with Crippen LogP contribution in [-0.4, -0.2) is 55.0 Å². The van der Waals surface area contributed by atoms with Crippen molar-refractivity contribution in [3.63, 3.8) is 0 Å². The minimum Gasteiger partial charge on any atom is -0.342 e. The summed E-state index contributed by atoms with van der Waals surface area (Å²) in [5.74, 6) is -0.347. The van der Waals surface area contributed by atoms with Gasteiger partial charge in [0.05, 0.1) is 22.4 Å². The lowest BCUT2D eigenvalue weighted by Crippen LogP contribution is -2.41. The molecule has 1 saturated heterocycles. The number of fused-ring (bicyclic) bond motifs is 1. The lowest BCUT2D eigenvalue weighted by Gasteiger charge is -2.28. The number of thioether (sulfide) groups is 1. The van der Waals surface area contributed by atoms with E-state index in [0.29, 0.717) is 17.1 Å². The Bertz CT molecular complexity index is 797. The predicted octanol–water partition coefficient (Wildman–Crippen LogP) is 1.79. The van der Waals surface area contributed by atoms with Crippen LogP contribution in [-0.2, 0) is 19.4 Å². The molecule has 1 fully saturated rings. The third-order valence-electron chi connectivity index (χ3n) is 4.27. The highest BCUT2D eigenvalue weighted by Gasteiger charge is 2.35. The summed E-state index contributed by atoms with van der Waals surface area (Å²) < 4.78 is 23.1. The summed E-state index contributed by atoms with van der Waals surface area (Å²) in [6.45, 7) is 0. The molecule has 2 aliphatic heterocycles. The van der Waals surface area contributed by atoms with Gasteiger partial charge in [-0.1, -0.05) is 11.6 Å². The second-order valence-electron chi connectivity index (χ2n) is 6.00. The van der Waals surface area contributed by atoms with Crippen LogP contribution < -0.4 is 5.32 Å². The topological polar surface area (TPSA) is 83.6 Å². The lowest BCUT2D eigenvalue weighted by atomic mass is 10.2. The zero-order valence-corrected chi connectivity index (χ0v) is 15.4. The van der Waals surface area contributed by atoms with E-state index in [-0.39, 0.29) is 35.8 Å². The number of halogens is 1. The predicted molar refractivity (Wildman–Crippen MR) is 94.2 cm³/mol. The molecule has 2 amide bonds. The highest BCUT2D eigenvalue weighted by atomic mass is 35.5. The summed E-state index contributed by atoms with van der Waals surface area (Å²) in [5.41, 5.74) is 0.649. The van der Waals surface area contributed by atoms with Crippen LogP contribution in [0.2, 0.25) is 5.02 Å². The number of nitrogens with zero attached hydrogens (tertiary/aromatic N) is 1. The van der Waals surface area contributed by atoms with Gasteiger partial charge >= 0.3 is 0 Å². The molecule has 6 nitrogen and oxygen atoms in total. The number of rotatable bonds is 3. The molecule has 0 aliphatic carbocycles. The first-order valence-electron chi connectivity index (χ1n) is 7.48. The number of sulfone groups is 1. The smallest absolute Gasteiger partial charge is 0.238 e. The number of nitrogens with one attached hydrogen (secondary N) is 1. The van der Waals surface area contributed by atoms with Crippen LogP contribution in [0.4, 0.5) is 5.69 Å². The van der Waals surface area contributed by atoms with Crippen LogP contribution in [0.25, 0.3) is 0 Å². The molecule has 2 heterocycles. The van der Waals surface area contributed by atoms with Crippen LogP contribution in [0.5, 0.6) is 0 Å². The van der Waals surface area contributed by atoms with Crippen LogP contribution in [0.3, 0.4) is 0 Å².